The lowest BCUT2D eigenvalue weighted by molar-refractivity contribution is -0.282. The lowest BCUT2D eigenvalue weighted by atomic mass is 9.42. The molecule has 9 heteroatoms. The molecular weight excluding hydrogens is 450 g/mol. The zero-order chi connectivity index (χ0) is 24.3. The number of ether oxygens (including phenoxy) is 4. The fourth-order valence-electron chi connectivity index (χ4n) is 9.32. The van der Waals surface area contributed by atoms with Gasteiger partial charge in [0.1, 0.15) is 30.3 Å². The van der Waals surface area contributed by atoms with Crippen molar-refractivity contribution < 1.29 is 42.4 Å². The third-order valence-electron chi connectivity index (χ3n) is 10.6. The first-order valence-electron chi connectivity index (χ1n) is 12.2. The molecule has 11 atom stereocenters. The second-order valence-electron chi connectivity index (χ2n) is 11.7. The number of aldehydes is 1. The molecule has 6 rings (SSSR count). The van der Waals surface area contributed by atoms with Crippen LogP contribution in [0.4, 0.5) is 8.78 Å². The highest BCUT2D eigenvalue weighted by Gasteiger charge is 2.82. The molecular formula is C25H32F2O7. The number of fused-ring (bicyclic) bond motifs is 7. The lowest BCUT2D eigenvalue weighted by Crippen LogP contribution is -2.73. The normalized spacial score (nSPS) is 58.5. The van der Waals surface area contributed by atoms with Crippen molar-refractivity contribution in [1.29, 1.82) is 0 Å². The third-order valence-corrected chi connectivity index (χ3v) is 10.6. The van der Waals surface area contributed by atoms with Gasteiger partial charge in [0.05, 0.1) is 12.0 Å². The lowest BCUT2D eigenvalue weighted by Gasteiger charge is -2.65. The van der Waals surface area contributed by atoms with Gasteiger partial charge in [-0.05, 0) is 49.2 Å². The van der Waals surface area contributed by atoms with Gasteiger partial charge in [-0.15, -0.1) is 0 Å². The molecule has 188 valence electrons. The summed E-state index contributed by atoms with van der Waals surface area (Å²) in [5.74, 6) is -3.98. The van der Waals surface area contributed by atoms with Gasteiger partial charge in [0.15, 0.2) is 19.4 Å². The Bertz CT molecular complexity index is 959. The minimum atomic E-state index is -2.20. The van der Waals surface area contributed by atoms with E-state index in [-0.39, 0.29) is 56.9 Å². The number of hydrogen-bond donors (Lipinski definition) is 1. The Morgan fingerprint density at radius 3 is 2.53 bits per heavy atom. The molecule has 6 aliphatic rings. The van der Waals surface area contributed by atoms with E-state index in [0.717, 1.165) is 6.08 Å². The summed E-state index contributed by atoms with van der Waals surface area (Å²) in [6.07, 6.45) is -1.02. The number of halogens is 2. The summed E-state index contributed by atoms with van der Waals surface area (Å²) in [6, 6.07) is 0. The van der Waals surface area contributed by atoms with E-state index >= 15 is 8.78 Å². The van der Waals surface area contributed by atoms with Gasteiger partial charge in [-0.25, -0.2) is 8.78 Å². The number of alkyl halides is 2. The number of ketones is 1. The van der Waals surface area contributed by atoms with Crippen LogP contribution in [0.5, 0.6) is 0 Å². The Hall–Kier alpha value is -1.26. The first-order valence-corrected chi connectivity index (χ1v) is 12.2. The fraction of sp³-hybridized carbons (Fsp3) is 0.840. The van der Waals surface area contributed by atoms with Gasteiger partial charge < -0.3 is 28.8 Å². The average molecular weight is 483 g/mol. The van der Waals surface area contributed by atoms with Crippen molar-refractivity contribution in [2.75, 3.05) is 20.2 Å². The van der Waals surface area contributed by atoms with Crippen molar-refractivity contribution in [3.8, 4) is 0 Å². The Morgan fingerprint density at radius 1 is 1.12 bits per heavy atom. The number of allylic oxidation sites excluding steroid dienone is 1. The minimum Gasteiger partial charge on any atom is -0.390 e. The van der Waals surface area contributed by atoms with Crippen LogP contribution in [0.3, 0.4) is 0 Å². The van der Waals surface area contributed by atoms with E-state index in [1.54, 1.807) is 6.92 Å². The van der Waals surface area contributed by atoms with Crippen LogP contribution < -0.4 is 0 Å². The minimum absolute atomic E-state index is 0.00297. The van der Waals surface area contributed by atoms with Crippen LogP contribution in [0, 0.1) is 34.5 Å². The molecule has 3 saturated carbocycles. The maximum Gasteiger partial charge on any atom is 0.227 e. The zero-order valence-electron chi connectivity index (χ0n) is 19.7. The summed E-state index contributed by atoms with van der Waals surface area (Å²) < 4.78 is 57.1. The first kappa shape index (κ1) is 23.2. The number of hydrogen-bond acceptors (Lipinski definition) is 7. The topological polar surface area (TPSA) is 91.3 Å². The Labute approximate surface area is 197 Å². The Kier molecular flexibility index (Phi) is 4.73. The summed E-state index contributed by atoms with van der Waals surface area (Å²) in [5, 5.41) is 11.6. The number of aliphatic hydroxyl groups is 1. The zero-order valence-corrected chi connectivity index (χ0v) is 19.7. The van der Waals surface area contributed by atoms with Crippen molar-refractivity contribution >= 4 is 12.1 Å². The third kappa shape index (κ3) is 2.30. The second kappa shape index (κ2) is 6.94. The predicted octanol–water partition coefficient (Wildman–Crippen LogP) is 2.64. The Morgan fingerprint density at radius 2 is 1.85 bits per heavy atom. The van der Waals surface area contributed by atoms with Gasteiger partial charge in [-0.1, -0.05) is 20.8 Å². The summed E-state index contributed by atoms with van der Waals surface area (Å²) in [6.45, 7) is 5.78. The highest BCUT2D eigenvalue weighted by atomic mass is 19.1. The van der Waals surface area contributed by atoms with E-state index in [1.807, 2.05) is 13.8 Å². The standard InChI is InChI=1S/C25H32F2O7/c1-13-4-15-16-5-18(26)17-6-19(29)14(9-28)7-21(17,2)24(16,27)20(30)8-22(15,3)25(13)23(33-12-34-25)10-31-11-32-23/h6,9,13-16,18,20,30H,4-5,7-8,10-12H2,1-3H3/t13-,14?,15-,16-,18-,20-,21-,22-,23?,24-,25+/m0/s1. The molecule has 0 aromatic rings. The summed E-state index contributed by atoms with van der Waals surface area (Å²) in [7, 11) is 0. The molecule has 2 heterocycles. The molecule has 0 aromatic heterocycles. The van der Waals surface area contributed by atoms with Gasteiger partial charge in [0, 0.05) is 16.7 Å². The molecule has 0 radical (unpaired) electrons. The summed E-state index contributed by atoms with van der Waals surface area (Å²) in [4.78, 5) is 24.0. The molecule has 34 heavy (non-hydrogen) atoms. The van der Waals surface area contributed by atoms with Crippen molar-refractivity contribution in [2.24, 2.45) is 34.5 Å². The molecule has 5 fully saturated rings. The predicted molar refractivity (Wildman–Crippen MR) is 113 cm³/mol. The summed E-state index contributed by atoms with van der Waals surface area (Å²) >= 11 is 0. The molecule has 2 unspecified atom stereocenters. The number of carbonyl (C=O) groups is 2. The van der Waals surface area contributed by atoms with Crippen LogP contribution in [0.15, 0.2) is 11.6 Å². The fourth-order valence-corrected chi connectivity index (χ4v) is 9.32. The smallest absolute Gasteiger partial charge is 0.227 e. The van der Waals surface area contributed by atoms with Crippen molar-refractivity contribution in [1.82, 2.24) is 0 Å². The van der Waals surface area contributed by atoms with Gasteiger partial charge in [0.25, 0.3) is 0 Å². The van der Waals surface area contributed by atoms with Crippen LogP contribution in [0.1, 0.15) is 46.5 Å². The quantitative estimate of drug-likeness (QED) is 0.454. The Balaban J connectivity index is 1.49. The van der Waals surface area contributed by atoms with Gasteiger partial charge in [-0.3, -0.25) is 4.79 Å². The molecule has 2 aliphatic heterocycles. The maximum atomic E-state index is 17.5. The van der Waals surface area contributed by atoms with E-state index in [2.05, 4.69) is 0 Å². The van der Waals surface area contributed by atoms with Gasteiger partial charge in [-0.2, -0.15) is 0 Å². The van der Waals surface area contributed by atoms with Crippen molar-refractivity contribution in [2.45, 2.75) is 75.8 Å². The van der Waals surface area contributed by atoms with E-state index < -0.39 is 57.8 Å². The molecule has 0 bridgehead atoms. The van der Waals surface area contributed by atoms with Crippen LogP contribution in [-0.4, -0.2) is 66.7 Å². The van der Waals surface area contributed by atoms with Crippen molar-refractivity contribution in [3.05, 3.63) is 11.6 Å². The summed E-state index contributed by atoms with van der Waals surface area (Å²) in [5.41, 5.74) is -5.35. The van der Waals surface area contributed by atoms with Crippen LogP contribution in [0.25, 0.3) is 0 Å². The van der Waals surface area contributed by atoms with E-state index in [1.165, 1.54) is 0 Å². The second-order valence-corrected chi connectivity index (χ2v) is 11.7. The SMILES string of the molecule is C[C@H]1C[C@H]2[C@@H]3C[C@H](F)C4=CC(=O)C(C=O)C[C@]4(C)[C@@]3(F)[C@@H](O)C[C@]2(C)[C@]12OCOC21COCO1. The number of rotatable bonds is 1. The largest absolute Gasteiger partial charge is 0.390 e. The monoisotopic (exact) mass is 482 g/mol. The van der Waals surface area contributed by atoms with Crippen LogP contribution >= 0.6 is 0 Å². The van der Waals surface area contributed by atoms with Gasteiger partial charge >= 0.3 is 0 Å². The molecule has 2 saturated heterocycles. The van der Waals surface area contributed by atoms with Crippen molar-refractivity contribution in [3.63, 3.8) is 0 Å². The highest BCUT2D eigenvalue weighted by Crippen LogP contribution is 2.74. The first-order chi connectivity index (χ1) is 16.0. The van der Waals surface area contributed by atoms with E-state index in [0.29, 0.717) is 12.7 Å². The maximum absolute atomic E-state index is 17.5. The molecule has 7 nitrogen and oxygen atoms in total. The van der Waals surface area contributed by atoms with Gasteiger partial charge in [0.2, 0.25) is 5.79 Å². The van der Waals surface area contributed by atoms with E-state index in [9.17, 15) is 14.7 Å². The molecule has 1 N–H and O–H groups in total. The number of carbonyl (C=O) groups excluding carboxylic acids is 2. The molecule has 0 aromatic carbocycles. The molecule has 0 amide bonds. The average Bonchev–Trinajstić information content (AvgIpc) is 3.47. The molecule has 4 aliphatic carbocycles. The molecule has 2 spiro atoms. The van der Waals surface area contributed by atoms with Crippen LogP contribution in [0.2, 0.25) is 0 Å². The van der Waals surface area contributed by atoms with E-state index in [4.69, 9.17) is 18.9 Å². The van der Waals surface area contributed by atoms with Crippen LogP contribution in [-0.2, 0) is 28.5 Å². The highest BCUT2D eigenvalue weighted by molar-refractivity contribution is 6.02. The number of aliphatic hydroxyl groups excluding tert-OH is 1.